The lowest BCUT2D eigenvalue weighted by Gasteiger charge is -2.37. The van der Waals surface area contributed by atoms with Crippen molar-refractivity contribution in [3.63, 3.8) is 0 Å². The van der Waals surface area contributed by atoms with Crippen LogP contribution in [-0.4, -0.2) is 112 Å². The van der Waals surface area contributed by atoms with E-state index in [9.17, 15) is 19.2 Å². The first-order valence-corrected chi connectivity index (χ1v) is 26.5. The normalized spacial score (nSPS) is 22.4. The third-order valence-electron chi connectivity index (χ3n) is 16.0. The lowest BCUT2D eigenvalue weighted by atomic mass is 9.91. The Labute approximate surface area is 435 Å². The topological polar surface area (TPSA) is 181 Å². The molecule has 0 spiro atoms. The van der Waals surface area contributed by atoms with Crippen LogP contribution in [0.2, 0.25) is 0 Å². The summed E-state index contributed by atoms with van der Waals surface area (Å²) in [6.07, 6.45) is 10.7. The van der Waals surface area contributed by atoms with Crippen LogP contribution in [0.25, 0.3) is 28.8 Å². The number of H-pyrrole nitrogens is 2. The van der Waals surface area contributed by atoms with Crippen LogP contribution in [0.5, 0.6) is 0 Å². The molecular formula is C57H68F2N10O6. The van der Waals surface area contributed by atoms with Crippen LogP contribution in [0.3, 0.4) is 0 Å². The highest BCUT2D eigenvalue weighted by molar-refractivity contribution is 5.87. The van der Waals surface area contributed by atoms with Crippen LogP contribution < -0.4 is 31.1 Å². The number of nitrogens with one attached hydrogen (secondary N) is 4. The second-order valence-corrected chi connectivity index (χ2v) is 21.3. The Hall–Kier alpha value is -7.24. The van der Waals surface area contributed by atoms with Crippen molar-refractivity contribution in [3.05, 3.63) is 112 Å². The predicted octanol–water partition coefficient (Wildman–Crippen LogP) is 7.94. The van der Waals surface area contributed by atoms with Gasteiger partial charge in [-0.05, 0) is 104 Å². The minimum Gasteiger partial charge on any atom is -0.453 e. The number of imidazole rings is 2. The number of amides is 4. The number of methoxy groups -OCH3 is 2. The number of alkyl carbamates (subject to hydrolysis) is 2. The Morgan fingerprint density at radius 2 is 1.35 bits per heavy atom. The molecular weight excluding hydrogens is 959 g/mol. The van der Waals surface area contributed by atoms with Gasteiger partial charge >= 0.3 is 12.2 Å². The number of carbonyl (C=O) groups is 4. The first kappa shape index (κ1) is 51.3. The summed E-state index contributed by atoms with van der Waals surface area (Å²) in [6, 6.07) is 16.5. The summed E-state index contributed by atoms with van der Waals surface area (Å²) in [5.74, 6) is -0.711. The van der Waals surface area contributed by atoms with Crippen LogP contribution in [-0.2, 0) is 19.1 Å². The molecule has 0 radical (unpaired) electrons. The minimum absolute atomic E-state index is 0.0356. The van der Waals surface area contributed by atoms with E-state index in [2.05, 4.69) is 61.9 Å². The van der Waals surface area contributed by atoms with Gasteiger partial charge in [0, 0.05) is 43.8 Å². The summed E-state index contributed by atoms with van der Waals surface area (Å²) in [5, 5.41) is 7.07. The molecule has 4 amide bonds. The number of aromatic amines is 2. The predicted molar refractivity (Wildman–Crippen MR) is 283 cm³/mol. The largest absolute Gasteiger partial charge is 0.453 e. The molecule has 3 aromatic carbocycles. The van der Waals surface area contributed by atoms with Gasteiger partial charge in [-0.1, -0.05) is 82.3 Å². The van der Waals surface area contributed by atoms with Gasteiger partial charge in [0.05, 0.1) is 54.1 Å². The van der Waals surface area contributed by atoms with Crippen molar-refractivity contribution in [2.75, 3.05) is 50.2 Å². The SMILES string of the molecule is COC(=O)N[C@H](C(=O)N1CCC[C@H]1c1nc2c([nH]1)=CCC([C@H]1CC[C@H](c3ccc4[nH]c([C@@H]5CCCN5C(=O)[C@@H](NC(=O)OC)C(C)C)nc4c3)N1c1cc(F)c(N3CC=C(c4ccccc4)CC3)c(F)c1)C=2)C(C)C. The van der Waals surface area contributed by atoms with Gasteiger partial charge in [0.25, 0.3) is 0 Å². The minimum atomic E-state index is -0.766. The highest BCUT2D eigenvalue weighted by Gasteiger charge is 2.42. The maximum Gasteiger partial charge on any atom is 0.407 e. The van der Waals surface area contributed by atoms with Crippen LogP contribution >= 0.6 is 0 Å². The number of hydrogen-bond donors (Lipinski definition) is 4. The smallest absolute Gasteiger partial charge is 0.407 e. The summed E-state index contributed by atoms with van der Waals surface area (Å²) < 4.78 is 43.3. The number of likely N-dealkylation sites (tertiary alicyclic amines) is 2. The molecule has 3 fully saturated rings. The number of nitrogens with zero attached hydrogens (tertiary/aromatic N) is 6. The van der Waals surface area contributed by atoms with Crippen molar-refractivity contribution >= 4 is 64.1 Å². The van der Waals surface area contributed by atoms with Crippen molar-refractivity contribution in [2.45, 2.75) is 115 Å². The second kappa shape index (κ2) is 21.5. The summed E-state index contributed by atoms with van der Waals surface area (Å²) in [4.78, 5) is 77.2. The van der Waals surface area contributed by atoms with E-state index in [1.54, 1.807) is 14.7 Å². The zero-order valence-corrected chi connectivity index (χ0v) is 43.6. The van der Waals surface area contributed by atoms with Gasteiger partial charge < -0.3 is 49.7 Å². The standard InChI is InChI=1S/C57H68F2N10O6/c1-32(2)49(64-56(72)74-5)54(70)67-24-10-14-47(67)52-60-41-18-16-36(28-43(41)62-52)45-20-21-46(69(45)38-30-39(58)51(40(59)31-38)66-26-22-35(23-27-66)34-12-8-7-9-13-34)37-17-19-42-44(29-37)63-53(61-42)48-15-11-25-68(48)55(71)50(33(3)4)65-57(73)75-6/h7-9,12-13,16,18-19,22,28-33,37,45-50H,10-11,14-15,17,20-21,23-27H2,1-6H3,(H,60,62)(H,61,63)(H,64,72)(H,65,73)/t37?,45-,46-,47+,48+,49+,50+/m1/s1. The number of aromatic nitrogens is 4. The Morgan fingerprint density at radius 1 is 0.720 bits per heavy atom. The highest BCUT2D eigenvalue weighted by Crippen LogP contribution is 2.46. The molecule has 1 unspecified atom stereocenters. The fourth-order valence-corrected chi connectivity index (χ4v) is 12.2. The van der Waals surface area contributed by atoms with Gasteiger partial charge in [-0.25, -0.2) is 28.3 Å². The first-order valence-electron chi connectivity index (χ1n) is 26.5. The molecule has 6 heterocycles. The molecule has 0 bridgehead atoms. The molecule has 4 aliphatic heterocycles. The van der Waals surface area contributed by atoms with E-state index in [4.69, 9.17) is 19.4 Å². The van der Waals surface area contributed by atoms with Gasteiger partial charge in [-0.3, -0.25) is 9.59 Å². The average molecular weight is 1030 g/mol. The highest BCUT2D eigenvalue weighted by atomic mass is 19.1. The number of anilines is 2. The Bertz CT molecular complexity index is 3100. The van der Waals surface area contributed by atoms with E-state index in [1.807, 2.05) is 58.0 Å². The Kier molecular flexibility index (Phi) is 14.7. The van der Waals surface area contributed by atoms with E-state index >= 15 is 8.78 Å². The molecule has 18 heteroatoms. The third-order valence-corrected chi connectivity index (χ3v) is 16.0. The van der Waals surface area contributed by atoms with Crippen LogP contribution in [0.4, 0.5) is 29.7 Å². The molecule has 7 atom stereocenters. The lowest BCUT2D eigenvalue weighted by Crippen LogP contribution is -2.51. The fourth-order valence-electron chi connectivity index (χ4n) is 12.2. The summed E-state index contributed by atoms with van der Waals surface area (Å²) in [5.41, 5.74) is 5.14. The maximum atomic E-state index is 16.8. The molecule has 75 heavy (non-hydrogen) atoms. The zero-order valence-electron chi connectivity index (χ0n) is 43.6. The Balaban J connectivity index is 0.963. The molecule has 396 valence electrons. The first-order chi connectivity index (χ1) is 36.2. The summed E-state index contributed by atoms with van der Waals surface area (Å²) in [6.45, 7) is 9.45. The molecule has 4 N–H and O–H groups in total. The second-order valence-electron chi connectivity index (χ2n) is 21.3. The third kappa shape index (κ3) is 10.2. The number of benzene rings is 3. The molecule has 16 nitrogen and oxygen atoms in total. The molecule has 0 saturated carbocycles. The van der Waals surface area contributed by atoms with Gasteiger partial charge in [0.1, 0.15) is 29.4 Å². The summed E-state index contributed by atoms with van der Waals surface area (Å²) >= 11 is 0. The lowest BCUT2D eigenvalue weighted by molar-refractivity contribution is -0.136. The maximum absolute atomic E-state index is 16.8. The zero-order chi connectivity index (χ0) is 52.7. The molecule has 2 aromatic heterocycles. The number of carbonyl (C=O) groups excluding carboxylic acids is 4. The van der Waals surface area contributed by atoms with E-state index in [-0.39, 0.29) is 59.4 Å². The van der Waals surface area contributed by atoms with Crippen LogP contribution in [0.15, 0.2) is 66.7 Å². The van der Waals surface area contributed by atoms with E-state index in [0.29, 0.717) is 81.1 Å². The molecule has 5 aromatic rings. The van der Waals surface area contributed by atoms with Gasteiger partial charge in [-0.2, -0.15) is 0 Å². The molecule has 10 rings (SSSR count). The van der Waals surface area contributed by atoms with E-state index in [0.717, 1.165) is 52.2 Å². The number of ether oxygens (including phenoxy) is 2. The average Bonchev–Trinajstić information content (AvgIpc) is 4.28. The monoisotopic (exact) mass is 1030 g/mol. The van der Waals surface area contributed by atoms with Gasteiger partial charge in [0.2, 0.25) is 11.8 Å². The van der Waals surface area contributed by atoms with Crippen molar-refractivity contribution in [1.82, 2.24) is 40.4 Å². The van der Waals surface area contributed by atoms with E-state index in [1.165, 1.54) is 26.4 Å². The number of hydrogen-bond acceptors (Lipinski definition) is 10. The van der Waals surface area contributed by atoms with Crippen LogP contribution in [0, 0.1) is 29.4 Å². The van der Waals surface area contributed by atoms with Gasteiger partial charge in [0.15, 0.2) is 11.6 Å². The van der Waals surface area contributed by atoms with Crippen molar-refractivity contribution in [1.29, 1.82) is 0 Å². The van der Waals surface area contributed by atoms with Gasteiger partial charge in [-0.15, -0.1) is 0 Å². The molecule has 3 saturated heterocycles. The number of rotatable bonds is 13. The van der Waals surface area contributed by atoms with Crippen LogP contribution in [0.1, 0.15) is 120 Å². The number of fused-ring (bicyclic) bond motifs is 2. The van der Waals surface area contributed by atoms with Crippen molar-refractivity contribution in [3.8, 4) is 0 Å². The fraction of sp³-hybridized carbons (Fsp3) is 0.474. The molecule has 5 aliphatic rings. The van der Waals surface area contributed by atoms with Crippen molar-refractivity contribution in [2.24, 2.45) is 17.8 Å². The summed E-state index contributed by atoms with van der Waals surface area (Å²) in [7, 11) is 2.56. The number of halogens is 2. The van der Waals surface area contributed by atoms with E-state index < -0.39 is 35.9 Å². The molecule has 1 aliphatic carbocycles. The van der Waals surface area contributed by atoms with Crippen molar-refractivity contribution < 1.29 is 37.4 Å². The Morgan fingerprint density at radius 3 is 1.93 bits per heavy atom. The quantitative estimate of drug-likeness (QED) is 0.0905.